The number of nitrogens with one attached hydrogen (secondary N) is 1. The molecule has 0 bridgehead atoms. The predicted molar refractivity (Wildman–Crippen MR) is 84.8 cm³/mol. The average Bonchev–Trinajstić information content (AvgIpc) is 2.50. The minimum absolute atomic E-state index is 0.179. The van der Waals surface area contributed by atoms with E-state index in [4.69, 9.17) is 9.47 Å². The van der Waals surface area contributed by atoms with Crippen molar-refractivity contribution in [2.24, 2.45) is 0 Å². The molecule has 1 aromatic carbocycles. The molecule has 1 aliphatic heterocycles. The third kappa shape index (κ3) is 4.40. The molecule has 0 amide bonds. The maximum atomic E-state index is 6.16. The molecule has 3 nitrogen and oxygen atoms in total. The molecular weight excluding hydrogens is 270 g/mol. The zero-order valence-corrected chi connectivity index (χ0v) is 13.2. The Kier molecular flexibility index (Phi) is 6.70. The normalized spacial score (nSPS) is 19.2. The third-order valence-electron chi connectivity index (χ3n) is 3.28. The number of fused-ring (bicyclic) bond motifs is 1. The SMILES string of the molecule is CCCNC(COCCC)C1CSc2ccccc2O1. The van der Waals surface area contributed by atoms with Crippen molar-refractivity contribution in [3.63, 3.8) is 0 Å². The zero-order valence-electron chi connectivity index (χ0n) is 12.4. The van der Waals surface area contributed by atoms with Crippen LogP contribution in [0.3, 0.4) is 0 Å². The molecule has 4 heteroatoms. The maximum absolute atomic E-state index is 6.16. The lowest BCUT2D eigenvalue weighted by Gasteiger charge is -2.32. The molecule has 112 valence electrons. The second-order valence-electron chi connectivity index (χ2n) is 5.05. The minimum Gasteiger partial charge on any atom is -0.487 e. The van der Waals surface area contributed by atoms with Gasteiger partial charge in [-0.2, -0.15) is 0 Å². The van der Waals surface area contributed by atoms with E-state index in [1.165, 1.54) is 4.90 Å². The minimum atomic E-state index is 0.179. The first-order chi connectivity index (χ1) is 9.85. The van der Waals surface area contributed by atoms with Crippen LogP contribution in [0, 0.1) is 0 Å². The predicted octanol–water partition coefficient (Wildman–Crippen LogP) is 3.33. The topological polar surface area (TPSA) is 30.5 Å². The second-order valence-corrected chi connectivity index (χ2v) is 6.11. The van der Waals surface area contributed by atoms with Gasteiger partial charge in [-0.05, 0) is 31.5 Å². The summed E-state index contributed by atoms with van der Waals surface area (Å²) in [5.41, 5.74) is 0. The standard InChI is InChI=1S/C16H25NO2S/c1-3-9-17-13(11-18-10-4-2)15-12-20-16-8-6-5-7-14(16)19-15/h5-8,13,15,17H,3-4,9-12H2,1-2H3. The summed E-state index contributed by atoms with van der Waals surface area (Å²) in [6, 6.07) is 8.54. The fourth-order valence-corrected chi connectivity index (χ4v) is 3.29. The molecule has 0 aromatic heterocycles. The van der Waals surface area contributed by atoms with E-state index < -0.39 is 0 Å². The third-order valence-corrected chi connectivity index (χ3v) is 4.43. The molecular formula is C16H25NO2S. The van der Waals surface area contributed by atoms with Gasteiger partial charge >= 0.3 is 0 Å². The molecule has 1 aromatic rings. The monoisotopic (exact) mass is 295 g/mol. The van der Waals surface area contributed by atoms with Gasteiger partial charge in [0.2, 0.25) is 0 Å². The highest BCUT2D eigenvalue weighted by Gasteiger charge is 2.27. The van der Waals surface area contributed by atoms with Crippen molar-refractivity contribution in [1.29, 1.82) is 0 Å². The summed E-state index contributed by atoms with van der Waals surface area (Å²) in [6.07, 6.45) is 2.36. The summed E-state index contributed by atoms with van der Waals surface area (Å²) in [5.74, 6) is 1.99. The smallest absolute Gasteiger partial charge is 0.133 e. The fourth-order valence-electron chi connectivity index (χ4n) is 2.22. The van der Waals surface area contributed by atoms with Crippen LogP contribution in [0.4, 0.5) is 0 Å². The van der Waals surface area contributed by atoms with E-state index in [0.29, 0.717) is 0 Å². The second kappa shape index (κ2) is 8.55. The van der Waals surface area contributed by atoms with Gasteiger partial charge in [0, 0.05) is 17.3 Å². The van der Waals surface area contributed by atoms with Gasteiger partial charge in [0.25, 0.3) is 0 Å². The Labute approximate surface area is 126 Å². The van der Waals surface area contributed by atoms with Crippen molar-refractivity contribution in [3.05, 3.63) is 24.3 Å². The summed E-state index contributed by atoms with van der Waals surface area (Å²) in [6.45, 7) is 6.87. The highest BCUT2D eigenvalue weighted by molar-refractivity contribution is 7.99. The van der Waals surface area contributed by atoms with Crippen molar-refractivity contribution in [2.45, 2.75) is 43.7 Å². The van der Waals surface area contributed by atoms with Gasteiger partial charge in [0.15, 0.2) is 0 Å². The quantitative estimate of drug-likeness (QED) is 0.745. The van der Waals surface area contributed by atoms with Gasteiger partial charge in [-0.25, -0.2) is 0 Å². The van der Waals surface area contributed by atoms with E-state index in [1.54, 1.807) is 0 Å². The summed E-state index contributed by atoms with van der Waals surface area (Å²) in [7, 11) is 0. The highest BCUT2D eigenvalue weighted by atomic mass is 32.2. The van der Waals surface area contributed by atoms with Crippen LogP contribution in [0.2, 0.25) is 0 Å². The van der Waals surface area contributed by atoms with Crippen LogP contribution in [0.25, 0.3) is 0 Å². The molecule has 1 N–H and O–H groups in total. The van der Waals surface area contributed by atoms with Gasteiger partial charge < -0.3 is 14.8 Å². The first kappa shape index (κ1) is 15.7. The molecule has 0 spiro atoms. The molecule has 0 saturated carbocycles. The van der Waals surface area contributed by atoms with Crippen molar-refractivity contribution in [3.8, 4) is 5.75 Å². The number of para-hydroxylation sites is 1. The first-order valence-electron chi connectivity index (χ1n) is 7.54. The maximum Gasteiger partial charge on any atom is 0.133 e. The Hall–Kier alpha value is -0.710. The van der Waals surface area contributed by atoms with Crippen LogP contribution >= 0.6 is 11.8 Å². The largest absolute Gasteiger partial charge is 0.487 e. The van der Waals surface area contributed by atoms with Crippen molar-refractivity contribution in [1.82, 2.24) is 5.32 Å². The van der Waals surface area contributed by atoms with Gasteiger partial charge in [0.1, 0.15) is 11.9 Å². The summed E-state index contributed by atoms with van der Waals surface area (Å²) in [5, 5.41) is 3.57. The van der Waals surface area contributed by atoms with Crippen LogP contribution in [0.1, 0.15) is 26.7 Å². The molecule has 2 rings (SSSR count). The number of ether oxygens (including phenoxy) is 2. The van der Waals surface area contributed by atoms with E-state index in [9.17, 15) is 0 Å². The molecule has 2 unspecified atom stereocenters. The Bertz CT molecular complexity index is 400. The Morgan fingerprint density at radius 1 is 1.35 bits per heavy atom. The van der Waals surface area contributed by atoms with Crippen molar-refractivity contribution < 1.29 is 9.47 Å². The van der Waals surface area contributed by atoms with Crippen LogP contribution < -0.4 is 10.1 Å². The van der Waals surface area contributed by atoms with E-state index >= 15 is 0 Å². The van der Waals surface area contributed by atoms with Crippen LogP contribution in [-0.4, -0.2) is 37.7 Å². The van der Waals surface area contributed by atoms with E-state index in [1.807, 2.05) is 17.8 Å². The summed E-state index contributed by atoms with van der Waals surface area (Å²) in [4.78, 5) is 1.24. The number of rotatable bonds is 8. The average molecular weight is 295 g/mol. The Morgan fingerprint density at radius 2 is 2.20 bits per heavy atom. The van der Waals surface area contributed by atoms with E-state index in [2.05, 4.69) is 37.4 Å². The summed E-state index contributed by atoms with van der Waals surface area (Å²) < 4.78 is 11.9. The van der Waals surface area contributed by atoms with E-state index in [-0.39, 0.29) is 12.1 Å². The van der Waals surface area contributed by atoms with Gasteiger partial charge in [-0.3, -0.25) is 0 Å². The Morgan fingerprint density at radius 3 is 3.00 bits per heavy atom. The van der Waals surface area contributed by atoms with Crippen LogP contribution in [0.5, 0.6) is 5.75 Å². The number of hydrogen-bond acceptors (Lipinski definition) is 4. The molecule has 0 aliphatic carbocycles. The van der Waals surface area contributed by atoms with Gasteiger partial charge in [-0.15, -0.1) is 11.8 Å². The molecule has 1 aliphatic rings. The zero-order chi connectivity index (χ0) is 14.2. The molecule has 0 radical (unpaired) electrons. The lowest BCUT2D eigenvalue weighted by Crippen LogP contribution is -2.48. The van der Waals surface area contributed by atoms with Crippen LogP contribution in [-0.2, 0) is 4.74 Å². The van der Waals surface area contributed by atoms with Crippen LogP contribution in [0.15, 0.2) is 29.2 Å². The Balaban J connectivity index is 1.95. The number of thioether (sulfide) groups is 1. The summed E-state index contributed by atoms with van der Waals surface area (Å²) >= 11 is 1.88. The van der Waals surface area contributed by atoms with Crippen molar-refractivity contribution >= 4 is 11.8 Å². The fraction of sp³-hybridized carbons (Fsp3) is 0.625. The van der Waals surface area contributed by atoms with E-state index in [0.717, 1.165) is 44.1 Å². The van der Waals surface area contributed by atoms with Gasteiger partial charge in [0.05, 0.1) is 12.6 Å². The lowest BCUT2D eigenvalue weighted by molar-refractivity contribution is 0.0655. The first-order valence-corrected chi connectivity index (χ1v) is 8.53. The molecule has 2 atom stereocenters. The number of hydrogen-bond donors (Lipinski definition) is 1. The molecule has 0 fully saturated rings. The van der Waals surface area contributed by atoms with Crippen molar-refractivity contribution in [2.75, 3.05) is 25.5 Å². The molecule has 20 heavy (non-hydrogen) atoms. The molecule has 1 heterocycles. The van der Waals surface area contributed by atoms with Gasteiger partial charge in [-0.1, -0.05) is 26.0 Å². The lowest BCUT2D eigenvalue weighted by atomic mass is 10.1. The molecule has 0 saturated heterocycles. The highest BCUT2D eigenvalue weighted by Crippen LogP contribution is 2.35. The number of benzene rings is 1.